The van der Waals surface area contributed by atoms with E-state index in [4.69, 9.17) is 4.98 Å². The zero-order valence-corrected chi connectivity index (χ0v) is 14.2. The Labute approximate surface area is 145 Å². The number of nitrogens with zero attached hydrogens (tertiary/aromatic N) is 5. The first-order valence-electron chi connectivity index (χ1n) is 8.27. The minimum absolute atomic E-state index is 0.624. The Hall–Kier alpha value is -2.12. The van der Waals surface area contributed by atoms with Crippen molar-refractivity contribution >= 4 is 11.3 Å². The molecule has 1 atom stereocenters. The van der Waals surface area contributed by atoms with Gasteiger partial charge < -0.3 is 4.98 Å². The van der Waals surface area contributed by atoms with E-state index in [1.807, 2.05) is 11.7 Å². The second-order valence-corrected chi connectivity index (χ2v) is 6.98. The van der Waals surface area contributed by atoms with E-state index in [0.29, 0.717) is 5.92 Å². The van der Waals surface area contributed by atoms with Crippen molar-refractivity contribution in [2.24, 2.45) is 5.92 Å². The molecule has 1 N–H and O–H groups in total. The van der Waals surface area contributed by atoms with Crippen LogP contribution in [0.4, 0.5) is 0 Å². The zero-order chi connectivity index (χ0) is 16.2. The van der Waals surface area contributed by atoms with Gasteiger partial charge in [-0.3, -0.25) is 9.88 Å². The van der Waals surface area contributed by atoms with Crippen LogP contribution in [0.1, 0.15) is 24.2 Å². The van der Waals surface area contributed by atoms with Crippen LogP contribution in [0.2, 0.25) is 0 Å². The number of aromatic nitrogens is 5. The highest BCUT2D eigenvalue weighted by Crippen LogP contribution is 2.22. The highest BCUT2D eigenvalue weighted by molar-refractivity contribution is 7.07. The monoisotopic (exact) mass is 340 g/mol. The molecular weight excluding hydrogens is 320 g/mol. The number of thiazole rings is 1. The van der Waals surface area contributed by atoms with Gasteiger partial charge in [0.2, 0.25) is 0 Å². The van der Waals surface area contributed by atoms with E-state index in [2.05, 4.69) is 30.2 Å². The van der Waals surface area contributed by atoms with Gasteiger partial charge in [0.1, 0.15) is 5.69 Å². The van der Waals surface area contributed by atoms with E-state index in [9.17, 15) is 0 Å². The predicted molar refractivity (Wildman–Crippen MR) is 93.4 cm³/mol. The first-order valence-corrected chi connectivity index (χ1v) is 9.21. The fourth-order valence-electron chi connectivity index (χ4n) is 3.33. The SMILES string of the molecule is c1c[nH]c(-c2cncc(C[C@@H]3CCCN(Cc4cscn4)C3)n2)n1. The number of imidazole rings is 1. The molecule has 1 fully saturated rings. The molecular formula is C17H20N6S. The summed E-state index contributed by atoms with van der Waals surface area (Å²) in [6, 6.07) is 0. The van der Waals surface area contributed by atoms with E-state index in [-0.39, 0.29) is 0 Å². The van der Waals surface area contributed by atoms with Crippen molar-refractivity contribution < 1.29 is 0 Å². The van der Waals surface area contributed by atoms with Crippen molar-refractivity contribution in [1.82, 2.24) is 29.8 Å². The molecule has 0 aromatic carbocycles. The summed E-state index contributed by atoms with van der Waals surface area (Å²) in [6.07, 6.45) is 10.6. The molecule has 0 bridgehead atoms. The summed E-state index contributed by atoms with van der Waals surface area (Å²) in [4.78, 5) is 23.3. The smallest absolute Gasteiger partial charge is 0.157 e. The molecule has 24 heavy (non-hydrogen) atoms. The molecule has 4 rings (SSSR count). The average Bonchev–Trinajstić information content (AvgIpc) is 3.29. The maximum Gasteiger partial charge on any atom is 0.157 e. The molecule has 3 aromatic heterocycles. The van der Waals surface area contributed by atoms with Crippen LogP contribution in [-0.2, 0) is 13.0 Å². The van der Waals surface area contributed by atoms with Crippen LogP contribution in [0.25, 0.3) is 11.5 Å². The van der Waals surface area contributed by atoms with Gasteiger partial charge in [0.15, 0.2) is 5.82 Å². The van der Waals surface area contributed by atoms with Gasteiger partial charge in [0.25, 0.3) is 0 Å². The first kappa shape index (κ1) is 15.4. The van der Waals surface area contributed by atoms with Gasteiger partial charge in [-0.2, -0.15) is 0 Å². The molecule has 1 saturated heterocycles. The minimum atomic E-state index is 0.624. The van der Waals surface area contributed by atoms with Crippen molar-refractivity contribution in [3.63, 3.8) is 0 Å². The van der Waals surface area contributed by atoms with E-state index >= 15 is 0 Å². The van der Waals surface area contributed by atoms with E-state index < -0.39 is 0 Å². The molecule has 124 valence electrons. The van der Waals surface area contributed by atoms with Gasteiger partial charge in [-0.25, -0.2) is 15.0 Å². The Bertz CT molecular complexity index is 755. The van der Waals surface area contributed by atoms with Crippen LogP contribution < -0.4 is 0 Å². The first-order chi connectivity index (χ1) is 11.9. The Morgan fingerprint density at radius 2 is 2.25 bits per heavy atom. The third-order valence-electron chi connectivity index (χ3n) is 4.40. The standard InChI is InChI=1S/C17H20N6S/c1-2-13(9-23(5-1)10-15-11-24-12-21-15)6-14-7-18-8-16(22-14)17-19-3-4-20-17/h3-4,7-8,11-13H,1-2,5-6,9-10H2,(H,19,20)/t13-/m0/s1. The summed E-state index contributed by atoms with van der Waals surface area (Å²) in [5.74, 6) is 1.40. The fraction of sp³-hybridized carbons (Fsp3) is 0.412. The zero-order valence-electron chi connectivity index (χ0n) is 13.4. The Morgan fingerprint density at radius 3 is 3.08 bits per heavy atom. The van der Waals surface area contributed by atoms with Crippen molar-refractivity contribution in [3.8, 4) is 11.5 Å². The van der Waals surface area contributed by atoms with Crippen LogP contribution in [0.3, 0.4) is 0 Å². The van der Waals surface area contributed by atoms with Crippen molar-refractivity contribution in [2.45, 2.75) is 25.8 Å². The van der Waals surface area contributed by atoms with E-state index in [1.165, 1.54) is 18.5 Å². The van der Waals surface area contributed by atoms with E-state index in [1.54, 1.807) is 29.9 Å². The van der Waals surface area contributed by atoms with Crippen LogP contribution >= 0.6 is 11.3 Å². The summed E-state index contributed by atoms with van der Waals surface area (Å²) in [5, 5.41) is 2.14. The molecule has 1 aliphatic rings. The van der Waals surface area contributed by atoms with Gasteiger partial charge in [-0.1, -0.05) is 0 Å². The predicted octanol–water partition coefficient (Wildman–Crippen LogP) is 2.78. The van der Waals surface area contributed by atoms with Crippen molar-refractivity contribution in [2.75, 3.05) is 13.1 Å². The molecule has 6 nitrogen and oxygen atoms in total. The molecule has 4 heterocycles. The lowest BCUT2D eigenvalue weighted by molar-refractivity contribution is 0.165. The Balaban J connectivity index is 1.40. The number of piperidine rings is 1. The molecule has 0 saturated carbocycles. The lowest BCUT2D eigenvalue weighted by Gasteiger charge is -2.32. The van der Waals surface area contributed by atoms with Crippen molar-refractivity contribution in [1.29, 1.82) is 0 Å². The molecule has 0 radical (unpaired) electrons. The molecule has 0 spiro atoms. The maximum absolute atomic E-state index is 4.72. The molecule has 0 unspecified atom stereocenters. The highest BCUT2D eigenvalue weighted by atomic mass is 32.1. The van der Waals surface area contributed by atoms with Gasteiger partial charge >= 0.3 is 0 Å². The molecule has 3 aromatic rings. The largest absolute Gasteiger partial charge is 0.343 e. The molecule has 0 aliphatic carbocycles. The summed E-state index contributed by atoms with van der Waals surface area (Å²) in [7, 11) is 0. The normalized spacial score (nSPS) is 18.8. The number of aromatic amines is 1. The number of H-pyrrole nitrogens is 1. The maximum atomic E-state index is 4.72. The van der Waals surface area contributed by atoms with Crippen LogP contribution in [-0.4, -0.2) is 42.9 Å². The summed E-state index contributed by atoms with van der Waals surface area (Å²) in [5.41, 5.74) is 4.95. The van der Waals surface area contributed by atoms with Gasteiger partial charge in [0.05, 0.1) is 23.1 Å². The van der Waals surface area contributed by atoms with E-state index in [0.717, 1.165) is 43.3 Å². The lowest BCUT2D eigenvalue weighted by atomic mass is 9.93. The van der Waals surface area contributed by atoms with Crippen LogP contribution in [0.15, 0.2) is 35.7 Å². The summed E-state index contributed by atoms with van der Waals surface area (Å²) >= 11 is 1.67. The number of rotatable bonds is 5. The Morgan fingerprint density at radius 1 is 1.25 bits per heavy atom. The highest BCUT2D eigenvalue weighted by Gasteiger charge is 2.21. The van der Waals surface area contributed by atoms with Crippen molar-refractivity contribution in [3.05, 3.63) is 47.1 Å². The minimum Gasteiger partial charge on any atom is -0.343 e. The molecule has 7 heteroatoms. The van der Waals surface area contributed by atoms with Gasteiger partial charge in [-0.05, 0) is 31.7 Å². The average molecular weight is 340 g/mol. The van der Waals surface area contributed by atoms with Gasteiger partial charge in [-0.15, -0.1) is 11.3 Å². The second kappa shape index (κ2) is 7.19. The summed E-state index contributed by atoms with van der Waals surface area (Å²) < 4.78 is 0. The number of likely N-dealkylation sites (tertiary alicyclic amines) is 1. The second-order valence-electron chi connectivity index (χ2n) is 6.26. The topological polar surface area (TPSA) is 70.6 Å². The quantitative estimate of drug-likeness (QED) is 0.773. The number of nitrogens with one attached hydrogen (secondary N) is 1. The van der Waals surface area contributed by atoms with Crippen LogP contribution in [0, 0.1) is 5.92 Å². The Kier molecular flexibility index (Phi) is 4.62. The third-order valence-corrected chi connectivity index (χ3v) is 5.03. The number of hydrogen-bond donors (Lipinski definition) is 1. The van der Waals surface area contributed by atoms with Crippen LogP contribution in [0.5, 0.6) is 0 Å². The third kappa shape index (κ3) is 3.68. The fourth-order valence-corrected chi connectivity index (χ4v) is 3.88. The molecule has 0 amide bonds. The number of hydrogen-bond acceptors (Lipinski definition) is 6. The van der Waals surface area contributed by atoms with Gasteiger partial charge in [0, 0.05) is 37.1 Å². The lowest BCUT2D eigenvalue weighted by Crippen LogP contribution is -2.35. The summed E-state index contributed by atoms with van der Waals surface area (Å²) in [6.45, 7) is 3.22. The molecule has 1 aliphatic heterocycles.